The SMILES string of the molecule is CC1(C)CC(CCNC(=O)c2ccco2)c2c(O)cc(OCCCCCc3ccccc3)cc2O1. The van der Waals surface area contributed by atoms with E-state index in [0.29, 0.717) is 36.8 Å². The highest BCUT2D eigenvalue weighted by molar-refractivity contribution is 5.91. The molecule has 0 spiro atoms. The molecule has 2 heterocycles. The Morgan fingerprint density at radius 3 is 2.71 bits per heavy atom. The monoisotopic (exact) mass is 477 g/mol. The van der Waals surface area contributed by atoms with E-state index >= 15 is 0 Å². The lowest BCUT2D eigenvalue weighted by atomic mass is 9.82. The third kappa shape index (κ3) is 6.81. The number of amides is 1. The number of unbranched alkanes of at least 4 members (excludes halogenated alkanes) is 2. The minimum absolute atomic E-state index is 0.0534. The first kappa shape index (κ1) is 24.7. The molecule has 1 aliphatic rings. The van der Waals surface area contributed by atoms with Crippen LogP contribution in [0.15, 0.2) is 65.3 Å². The number of hydrogen-bond acceptors (Lipinski definition) is 5. The van der Waals surface area contributed by atoms with Gasteiger partial charge in [-0.2, -0.15) is 0 Å². The molecule has 2 N–H and O–H groups in total. The van der Waals surface area contributed by atoms with Gasteiger partial charge in [0.05, 0.1) is 12.9 Å². The number of benzene rings is 2. The van der Waals surface area contributed by atoms with Gasteiger partial charge in [-0.1, -0.05) is 30.3 Å². The summed E-state index contributed by atoms with van der Waals surface area (Å²) in [6.45, 7) is 5.16. The highest BCUT2D eigenvalue weighted by Gasteiger charge is 2.36. The topological polar surface area (TPSA) is 80.9 Å². The minimum Gasteiger partial charge on any atom is -0.507 e. The first-order valence-electron chi connectivity index (χ1n) is 12.5. The fourth-order valence-corrected chi connectivity index (χ4v) is 4.74. The van der Waals surface area contributed by atoms with E-state index in [0.717, 1.165) is 37.7 Å². The van der Waals surface area contributed by atoms with E-state index in [1.54, 1.807) is 18.2 Å². The zero-order valence-corrected chi connectivity index (χ0v) is 20.6. The predicted octanol–water partition coefficient (Wildman–Crippen LogP) is 6.24. The molecule has 0 saturated carbocycles. The zero-order valence-electron chi connectivity index (χ0n) is 20.6. The molecule has 1 amide bonds. The second-order valence-electron chi connectivity index (χ2n) is 9.78. The van der Waals surface area contributed by atoms with Crippen molar-refractivity contribution >= 4 is 5.91 Å². The molecule has 1 unspecified atom stereocenters. The van der Waals surface area contributed by atoms with Gasteiger partial charge in [0.25, 0.3) is 5.91 Å². The van der Waals surface area contributed by atoms with Crippen LogP contribution in [0.25, 0.3) is 0 Å². The lowest BCUT2D eigenvalue weighted by molar-refractivity contribution is 0.0686. The summed E-state index contributed by atoms with van der Waals surface area (Å²) < 4.78 is 17.3. The molecule has 4 rings (SSSR count). The maximum atomic E-state index is 12.2. The van der Waals surface area contributed by atoms with Crippen LogP contribution in [0.3, 0.4) is 0 Å². The number of carbonyl (C=O) groups is 1. The summed E-state index contributed by atoms with van der Waals surface area (Å²) in [5.74, 6) is 1.56. The number of hydrogen-bond donors (Lipinski definition) is 2. The van der Waals surface area contributed by atoms with Gasteiger partial charge in [-0.15, -0.1) is 0 Å². The first-order chi connectivity index (χ1) is 16.9. The highest BCUT2D eigenvalue weighted by Crippen LogP contribution is 2.48. The van der Waals surface area contributed by atoms with Gasteiger partial charge >= 0.3 is 0 Å². The Hall–Kier alpha value is -3.41. The summed E-state index contributed by atoms with van der Waals surface area (Å²) >= 11 is 0. The fraction of sp³-hybridized carbons (Fsp3) is 0.414. The summed E-state index contributed by atoms with van der Waals surface area (Å²) in [6, 6.07) is 17.4. The first-order valence-corrected chi connectivity index (χ1v) is 12.5. The third-order valence-corrected chi connectivity index (χ3v) is 6.37. The number of carbonyl (C=O) groups excluding carboxylic acids is 1. The number of nitrogens with one attached hydrogen (secondary N) is 1. The molecule has 1 aromatic heterocycles. The second-order valence-corrected chi connectivity index (χ2v) is 9.78. The lowest BCUT2D eigenvalue weighted by Gasteiger charge is -2.38. The maximum Gasteiger partial charge on any atom is 0.286 e. The van der Waals surface area contributed by atoms with Crippen LogP contribution >= 0.6 is 0 Å². The van der Waals surface area contributed by atoms with Gasteiger partial charge in [-0.25, -0.2) is 0 Å². The summed E-state index contributed by atoms with van der Waals surface area (Å²) in [5.41, 5.74) is 1.76. The van der Waals surface area contributed by atoms with Gasteiger partial charge in [-0.05, 0) is 76.0 Å². The summed E-state index contributed by atoms with van der Waals surface area (Å²) in [4.78, 5) is 12.2. The number of aromatic hydroxyl groups is 1. The number of aryl methyl sites for hydroxylation is 1. The Labute approximate surface area is 207 Å². The number of phenols is 1. The summed E-state index contributed by atoms with van der Waals surface area (Å²) in [7, 11) is 0. The molecular formula is C29H35NO5. The quantitative estimate of drug-likeness (QED) is 0.320. The minimum atomic E-state index is -0.384. The molecule has 6 heteroatoms. The van der Waals surface area contributed by atoms with Gasteiger partial charge < -0.3 is 24.3 Å². The number of ether oxygens (including phenoxy) is 2. The Morgan fingerprint density at radius 1 is 1.11 bits per heavy atom. The highest BCUT2D eigenvalue weighted by atomic mass is 16.5. The number of fused-ring (bicyclic) bond motifs is 1. The Kier molecular flexibility index (Phi) is 8.01. The van der Waals surface area contributed by atoms with E-state index in [1.807, 2.05) is 26.0 Å². The van der Waals surface area contributed by atoms with E-state index in [4.69, 9.17) is 13.9 Å². The Morgan fingerprint density at radius 2 is 1.94 bits per heavy atom. The standard InChI is InChI=1S/C29H35NO5/c1-29(2)20-22(14-15-30-28(32)25-13-9-17-34-25)27-24(31)18-23(19-26(27)35-29)33-16-8-4-7-12-21-10-5-3-6-11-21/h3,5-6,9-11,13,17-19,22,31H,4,7-8,12,14-16,20H2,1-2H3,(H,30,32). The van der Waals surface area contributed by atoms with Crippen molar-refractivity contribution in [3.8, 4) is 17.2 Å². The van der Waals surface area contributed by atoms with Crippen molar-refractivity contribution in [3.63, 3.8) is 0 Å². The summed E-state index contributed by atoms with van der Waals surface area (Å²) in [5, 5.41) is 13.7. The molecule has 186 valence electrons. The van der Waals surface area contributed by atoms with Crippen LogP contribution in [-0.4, -0.2) is 29.8 Å². The van der Waals surface area contributed by atoms with Crippen LogP contribution in [-0.2, 0) is 6.42 Å². The van der Waals surface area contributed by atoms with Gasteiger partial charge in [0.2, 0.25) is 0 Å². The second kappa shape index (κ2) is 11.3. The predicted molar refractivity (Wildman–Crippen MR) is 135 cm³/mol. The molecule has 1 aliphatic heterocycles. The zero-order chi connectivity index (χ0) is 24.7. The molecule has 0 radical (unpaired) electrons. The third-order valence-electron chi connectivity index (χ3n) is 6.37. The molecule has 2 aromatic carbocycles. The Bertz CT molecular complexity index is 1090. The average molecular weight is 478 g/mol. The van der Waals surface area contributed by atoms with Gasteiger partial charge in [0, 0.05) is 24.2 Å². The number of rotatable bonds is 11. The van der Waals surface area contributed by atoms with Crippen molar-refractivity contribution in [3.05, 3.63) is 77.7 Å². The molecule has 0 aliphatic carbocycles. The van der Waals surface area contributed by atoms with E-state index < -0.39 is 0 Å². The summed E-state index contributed by atoms with van der Waals surface area (Å²) in [6.07, 6.45) is 7.14. The van der Waals surface area contributed by atoms with Crippen LogP contribution < -0.4 is 14.8 Å². The molecular weight excluding hydrogens is 442 g/mol. The van der Waals surface area contributed by atoms with Crippen molar-refractivity contribution in [2.24, 2.45) is 0 Å². The lowest BCUT2D eigenvalue weighted by Crippen LogP contribution is -2.36. The fourth-order valence-electron chi connectivity index (χ4n) is 4.74. The van der Waals surface area contributed by atoms with Crippen LogP contribution in [0.1, 0.15) is 73.6 Å². The number of phenolic OH excluding ortho intramolecular Hbond substituents is 1. The number of furan rings is 1. The van der Waals surface area contributed by atoms with Crippen LogP contribution in [0, 0.1) is 0 Å². The van der Waals surface area contributed by atoms with Crippen molar-refractivity contribution in [2.75, 3.05) is 13.2 Å². The normalized spacial score (nSPS) is 16.2. The molecule has 35 heavy (non-hydrogen) atoms. The van der Waals surface area contributed by atoms with Gasteiger partial charge in [0.1, 0.15) is 22.8 Å². The van der Waals surface area contributed by atoms with Crippen molar-refractivity contribution in [2.45, 2.75) is 63.9 Å². The molecule has 0 saturated heterocycles. The van der Waals surface area contributed by atoms with Crippen LogP contribution in [0.2, 0.25) is 0 Å². The van der Waals surface area contributed by atoms with E-state index in [1.165, 1.54) is 11.8 Å². The van der Waals surface area contributed by atoms with Crippen LogP contribution in [0.4, 0.5) is 0 Å². The average Bonchev–Trinajstić information content (AvgIpc) is 3.36. The van der Waals surface area contributed by atoms with Crippen LogP contribution in [0.5, 0.6) is 17.2 Å². The smallest absolute Gasteiger partial charge is 0.286 e. The van der Waals surface area contributed by atoms with E-state index in [9.17, 15) is 9.90 Å². The molecule has 3 aromatic rings. The van der Waals surface area contributed by atoms with Gasteiger partial charge in [-0.3, -0.25) is 4.79 Å². The van der Waals surface area contributed by atoms with Crippen molar-refractivity contribution in [1.82, 2.24) is 5.32 Å². The van der Waals surface area contributed by atoms with Crippen molar-refractivity contribution < 1.29 is 23.8 Å². The molecule has 0 fully saturated rings. The van der Waals surface area contributed by atoms with E-state index in [-0.39, 0.29) is 23.2 Å². The maximum absolute atomic E-state index is 12.2. The van der Waals surface area contributed by atoms with Crippen molar-refractivity contribution in [1.29, 1.82) is 0 Å². The van der Waals surface area contributed by atoms with E-state index in [2.05, 4.69) is 29.6 Å². The molecule has 1 atom stereocenters. The Balaban J connectivity index is 1.30. The molecule has 6 nitrogen and oxygen atoms in total. The largest absolute Gasteiger partial charge is 0.507 e. The van der Waals surface area contributed by atoms with Gasteiger partial charge in [0.15, 0.2) is 5.76 Å². The molecule has 0 bridgehead atoms.